The van der Waals surface area contributed by atoms with E-state index >= 15 is 0 Å². The monoisotopic (exact) mass is 269 g/mol. The largest absolute Gasteiger partial charge is 0.497 e. The molecule has 2 heteroatoms. The van der Waals surface area contributed by atoms with Crippen LogP contribution in [0.1, 0.15) is 38.2 Å². The fraction of sp³-hybridized carbons (Fsp3) is 0.444. The Morgan fingerprint density at radius 1 is 1.15 bits per heavy atom. The molecule has 1 aliphatic heterocycles. The van der Waals surface area contributed by atoms with Crippen molar-refractivity contribution in [2.75, 3.05) is 7.11 Å². The number of nitrogens with one attached hydrogen (secondary N) is 1. The summed E-state index contributed by atoms with van der Waals surface area (Å²) >= 11 is 0. The van der Waals surface area contributed by atoms with Crippen molar-refractivity contribution in [3.63, 3.8) is 0 Å². The molecule has 1 fully saturated rings. The minimum absolute atomic E-state index is 0.124. The summed E-state index contributed by atoms with van der Waals surface area (Å²) in [5.41, 5.74) is 2.90. The average molecular weight is 269 g/mol. The molecule has 20 heavy (non-hydrogen) atoms. The summed E-state index contributed by atoms with van der Waals surface area (Å²) in [6.45, 7) is 4.57. The van der Waals surface area contributed by atoms with Crippen LogP contribution in [0, 0.1) is 5.92 Å². The molecular formula is C18H23NO. The molecule has 3 rings (SSSR count). The highest BCUT2D eigenvalue weighted by Crippen LogP contribution is 2.44. The van der Waals surface area contributed by atoms with Crippen molar-refractivity contribution in [2.24, 2.45) is 5.92 Å². The highest BCUT2D eigenvalue weighted by atomic mass is 16.5. The zero-order valence-corrected chi connectivity index (χ0v) is 12.5. The van der Waals surface area contributed by atoms with Gasteiger partial charge in [0.15, 0.2) is 0 Å². The summed E-state index contributed by atoms with van der Waals surface area (Å²) in [4.78, 5) is 0. The first-order valence-corrected chi connectivity index (χ1v) is 7.38. The third-order valence-electron chi connectivity index (χ3n) is 4.43. The van der Waals surface area contributed by atoms with Crippen LogP contribution >= 0.6 is 0 Å². The second-order valence-corrected chi connectivity index (χ2v) is 6.48. The number of hydrogen-bond acceptors (Lipinski definition) is 2. The summed E-state index contributed by atoms with van der Waals surface area (Å²) in [5, 5.41) is 3.70. The maximum absolute atomic E-state index is 5.39. The third-order valence-corrected chi connectivity index (χ3v) is 4.43. The summed E-state index contributed by atoms with van der Waals surface area (Å²) < 4.78 is 5.39. The molecule has 2 nitrogen and oxygen atoms in total. The molecule has 0 saturated carbocycles. The van der Waals surface area contributed by atoms with E-state index in [9.17, 15) is 0 Å². The van der Waals surface area contributed by atoms with E-state index in [1.165, 1.54) is 11.3 Å². The van der Waals surface area contributed by atoms with Gasteiger partial charge in [-0.3, -0.25) is 0 Å². The van der Waals surface area contributed by atoms with Gasteiger partial charge in [-0.1, -0.05) is 30.3 Å². The van der Waals surface area contributed by atoms with Gasteiger partial charge >= 0.3 is 0 Å². The molecule has 1 aromatic carbocycles. The predicted molar refractivity (Wildman–Crippen MR) is 82.3 cm³/mol. The molecule has 0 spiro atoms. The van der Waals surface area contributed by atoms with Gasteiger partial charge in [0.05, 0.1) is 7.11 Å². The first-order chi connectivity index (χ1) is 9.59. The lowest BCUT2D eigenvalue weighted by Gasteiger charge is -2.45. The molecule has 0 aromatic heterocycles. The number of rotatable bonds is 2. The zero-order valence-electron chi connectivity index (χ0n) is 12.5. The van der Waals surface area contributed by atoms with Crippen molar-refractivity contribution in [3.05, 3.63) is 59.5 Å². The fourth-order valence-corrected chi connectivity index (χ4v) is 3.53. The molecule has 1 heterocycles. The van der Waals surface area contributed by atoms with Crippen LogP contribution in [0.25, 0.3) is 0 Å². The van der Waals surface area contributed by atoms with Gasteiger partial charge in [0.2, 0.25) is 0 Å². The van der Waals surface area contributed by atoms with Crippen molar-refractivity contribution >= 4 is 0 Å². The van der Waals surface area contributed by atoms with Crippen LogP contribution in [-0.4, -0.2) is 12.6 Å². The number of allylic oxidation sites excluding steroid dienone is 3. The Hall–Kier alpha value is -1.70. The van der Waals surface area contributed by atoms with Crippen molar-refractivity contribution in [1.82, 2.24) is 5.32 Å². The SMILES string of the molecule is COC1=CCC2C(=C1)NC(C)(C)CC2c1ccccc1. The lowest BCUT2D eigenvalue weighted by atomic mass is 9.70. The van der Waals surface area contributed by atoms with Crippen LogP contribution in [0.4, 0.5) is 0 Å². The van der Waals surface area contributed by atoms with E-state index in [2.05, 4.69) is 61.6 Å². The molecule has 2 atom stereocenters. The number of methoxy groups -OCH3 is 1. The van der Waals surface area contributed by atoms with Crippen molar-refractivity contribution in [2.45, 2.75) is 38.1 Å². The summed E-state index contributed by atoms with van der Waals surface area (Å²) in [6.07, 6.45) is 6.60. The number of hydrogen-bond donors (Lipinski definition) is 1. The summed E-state index contributed by atoms with van der Waals surface area (Å²) in [6, 6.07) is 10.9. The van der Waals surface area contributed by atoms with Gasteiger partial charge in [0.25, 0.3) is 0 Å². The fourth-order valence-electron chi connectivity index (χ4n) is 3.53. The van der Waals surface area contributed by atoms with E-state index in [-0.39, 0.29) is 5.54 Å². The Kier molecular flexibility index (Phi) is 3.33. The topological polar surface area (TPSA) is 21.3 Å². The van der Waals surface area contributed by atoms with Crippen LogP contribution in [0.15, 0.2) is 53.9 Å². The molecule has 0 bridgehead atoms. The van der Waals surface area contributed by atoms with Crippen LogP contribution < -0.4 is 5.32 Å². The smallest absolute Gasteiger partial charge is 0.116 e. The number of ether oxygens (including phenoxy) is 1. The molecule has 1 aromatic rings. The first-order valence-electron chi connectivity index (χ1n) is 7.38. The standard InChI is InChI=1S/C18H23NO/c1-18(2)12-16(13-7-5-4-6-8-13)15-10-9-14(20-3)11-17(15)19-18/h4-9,11,15-16,19H,10,12H2,1-3H3. The van der Waals surface area contributed by atoms with Crippen LogP contribution in [-0.2, 0) is 4.74 Å². The Bertz CT molecular complexity index is 542. The molecule has 0 amide bonds. The summed E-state index contributed by atoms with van der Waals surface area (Å²) in [7, 11) is 1.74. The number of fused-ring (bicyclic) bond motifs is 1. The van der Waals surface area contributed by atoms with Gasteiger partial charge in [-0.05, 0) is 50.3 Å². The lowest BCUT2D eigenvalue weighted by Crippen LogP contribution is -2.48. The van der Waals surface area contributed by atoms with E-state index in [1.54, 1.807) is 7.11 Å². The van der Waals surface area contributed by atoms with E-state index in [0.717, 1.165) is 18.6 Å². The van der Waals surface area contributed by atoms with Gasteiger partial charge < -0.3 is 10.1 Å². The molecule has 1 N–H and O–H groups in total. The maximum atomic E-state index is 5.39. The Labute approximate surface area is 121 Å². The van der Waals surface area contributed by atoms with Crippen molar-refractivity contribution < 1.29 is 4.74 Å². The molecule has 2 unspecified atom stereocenters. The van der Waals surface area contributed by atoms with E-state index < -0.39 is 0 Å². The van der Waals surface area contributed by atoms with Gasteiger partial charge in [0, 0.05) is 17.2 Å². The van der Waals surface area contributed by atoms with Crippen molar-refractivity contribution in [3.8, 4) is 0 Å². The molecule has 0 radical (unpaired) electrons. The van der Waals surface area contributed by atoms with Crippen molar-refractivity contribution in [1.29, 1.82) is 0 Å². The van der Waals surface area contributed by atoms with Crippen LogP contribution in [0.3, 0.4) is 0 Å². The number of benzene rings is 1. The Morgan fingerprint density at radius 2 is 1.90 bits per heavy atom. The van der Waals surface area contributed by atoms with Gasteiger partial charge in [-0.15, -0.1) is 0 Å². The van der Waals surface area contributed by atoms with Gasteiger partial charge in [0.1, 0.15) is 5.76 Å². The molecule has 1 aliphatic carbocycles. The van der Waals surface area contributed by atoms with E-state index in [0.29, 0.717) is 11.8 Å². The minimum atomic E-state index is 0.124. The third kappa shape index (κ3) is 2.47. The molecule has 1 saturated heterocycles. The highest BCUT2D eigenvalue weighted by molar-refractivity contribution is 5.34. The van der Waals surface area contributed by atoms with Gasteiger partial charge in [-0.2, -0.15) is 0 Å². The molecule has 2 aliphatic rings. The Balaban J connectivity index is 1.96. The average Bonchev–Trinajstić information content (AvgIpc) is 2.45. The maximum Gasteiger partial charge on any atom is 0.116 e. The quantitative estimate of drug-likeness (QED) is 0.877. The second-order valence-electron chi connectivity index (χ2n) is 6.48. The normalized spacial score (nSPS) is 27.8. The summed E-state index contributed by atoms with van der Waals surface area (Å²) in [5.74, 6) is 2.10. The second kappa shape index (κ2) is 5.01. The molecule has 106 valence electrons. The molecular weight excluding hydrogens is 246 g/mol. The van der Waals surface area contributed by atoms with Crippen LogP contribution in [0.5, 0.6) is 0 Å². The van der Waals surface area contributed by atoms with E-state index in [1.807, 2.05) is 0 Å². The minimum Gasteiger partial charge on any atom is -0.497 e. The van der Waals surface area contributed by atoms with Gasteiger partial charge in [-0.25, -0.2) is 0 Å². The first kappa shape index (κ1) is 13.3. The number of piperidine rings is 1. The zero-order chi connectivity index (χ0) is 14.2. The lowest BCUT2D eigenvalue weighted by molar-refractivity contribution is 0.239. The van der Waals surface area contributed by atoms with Crippen LogP contribution in [0.2, 0.25) is 0 Å². The highest BCUT2D eigenvalue weighted by Gasteiger charge is 2.39. The van der Waals surface area contributed by atoms with E-state index in [4.69, 9.17) is 4.74 Å². The predicted octanol–water partition coefficient (Wildman–Crippen LogP) is 3.98. The Morgan fingerprint density at radius 3 is 2.60 bits per heavy atom.